The van der Waals surface area contributed by atoms with E-state index in [0.717, 1.165) is 31.0 Å². The summed E-state index contributed by atoms with van der Waals surface area (Å²) in [4.78, 5) is 2.26. The molecule has 3 rings (SSSR count). The standard InChI is InChI=1S/C15H16FNO2/c16-13-4-1-3-12(9-13)15-11-17(6-8-19-15)10-14-5-2-7-18-14/h1-5,7,9,15H,6,8,10-11H2. The van der Waals surface area contributed by atoms with Gasteiger partial charge in [0.05, 0.1) is 25.5 Å². The maximum absolute atomic E-state index is 13.2. The van der Waals surface area contributed by atoms with Gasteiger partial charge in [0.25, 0.3) is 0 Å². The highest BCUT2D eigenvalue weighted by atomic mass is 19.1. The smallest absolute Gasteiger partial charge is 0.123 e. The Labute approximate surface area is 111 Å². The molecule has 0 bridgehead atoms. The molecular weight excluding hydrogens is 245 g/mol. The Morgan fingerprint density at radius 1 is 1.26 bits per heavy atom. The molecule has 1 unspecified atom stereocenters. The van der Waals surface area contributed by atoms with E-state index in [2.05, 4.69) is 4.90 Å². The molecule has 0 saturated carbocycles. The number of furan rings is 1. The van der Waals surface area contributed by atoms with Gasteiger partial charge in [0.1, 0.15) is 11.6 Å². The van der Waals surface area contributed by atoms with E-state index in [1.807, 2.05) is 18.2 Å². The van der Waals surface area contributed by atoms with Crippen molar-refractivity contribution in [1.82, 2.24) is 4.90 Å². The number of halogens is 1. The highest BCUT2D eigenvalue weighted by molar-refractivity contribution is 5.19. The van der Waals surface area contributed by atoms with Gasteiger partial charge >= 0.3 is 0 Å². The van der Waals surface area contributed by atoms with Crippen LogP contribution in [0.15, 0.2) is 47.1 Å². The Morgan fingerprint density at radius 3 is 3.00 bits per heavy atom. The number of ether oxygens (including phenoxy) is 1. The molecule has 1 aromatic carbocycles. The monoisotopic (exact) mass is 261 g/mol. The lowest BCUT2D eigenvalue weighted by molar-refractivity contribution is -0.0348. The predicted octanol–water partition coefficient (Wildman–Crippen LogP) is 2.99. The quantitative estimate of drug-likeness (QED) is 0.849. The first kappa shape index (κ1) is 12.4. The van der Waals surface area contributed by atoms with Gasteiger partial charge in [-0.2, -0.15) is 0 Å². The second-order valence-corrected chi connectivity index (χ2v) is 4.73. The van der Waals surface area contributed by atoms with Crippen LogP contribution < -0.4 is 0 Å². The van der Waals surface area contributed by atoms with Gasteiger partial charge in [-0.15, -0.1) is 0 Å². The Kier molecular flexibility index (Phi) is 3.62. The molecule has 1 atom stereocenters. The number of rotatable bonds is 3. The topological polar surface area (TPSA) is 25.6 Å². The maximum Gasteiger partial charge on any atom is 0.123 e. The molecule has 0 spiro atoms. The summed E-state index contributed by atoms with van der Waals surface area (Å²) >= 11 is 0. The summed E-state index contributed by atoms with van der Waals surface area (Å²) < 4.78 is 24.3. The van der Waals surface area contributed by atoms with Crippen molar-refractivity contribution < 1.29 is 13.5 Å². The average Bonchev–Trinajstić information content (AvgIpc) is 2.92. The Bertz CT molecular complexity index is 527. The molecule has 1 aliphatic rings. The maximum atomic E-state index is 13.2. The predicted molar refractivity (Wildman–Crippen MR) is 69.1 cm³/mol. The highest BCUT2D eigenvalue weighted by Crippen LogP contribution is 2.23. The van der Waals surface area contributed by atoms with Crippen LogP contribution in [0.2, 0.25) is 0 Å². The van der Waals surface area contributed by atoms with E-state index >= 15 is 0 Å². The van der Waals surface area contributed by atoms with Crippen LogP contribution in [0.3, 0.4) is 0 Å². The van der Waals surface area contributed by atoms with E-state index in [0.29, 0.717) is 6.61 Å². The molecule has 0 radical (unpaired) electrons. The first-order valence-corrected chi connectivity index (χ1v) is 6.43. The largest absolute Gasteiger partial charge is 0.468 e. The van der Waals surface area contributed by atoms with E-state index in [9.17, 15) is 4.39 Å². The van der Waals surface area contributed by atoms with Gasteiger partial charge in [0, 0.05) is 13.1 Å². The second-order valence-electron chi connectivity index (χ2n) is 4.73. The fraction of sp³-hybridized carbons (Fsp3) is 0.333. The first-order valence-electron chi connectivity index (χ1n) is 6.43. The molecule has 100 valence electrons. The normalized spacial score (nSPS) is 20.6. The van der Waals surface area contributed by atoms with Crippen LogP contribution in [0.5, 0.6) is 0 Å². The van der Waals surface area contributed by atoms with Crippen molar-refractivity contribution >= 4 is 0 Å². The molecule has 0 amide bonds. The summed E-state index contributed by atoms with van der Waals surface area (Å²) in [5.74, 6) is 0.726. The minimum absolute atomic E-state index is 0.0700. The Morgan fingerprint density at radius 2 is 2.21 bits per heavy atom. The number of nitrogens with zero attached hydrogens (tertiary/aromatic N) is 1. The number of benzene rings is 1. The van der Waals surface area contributed by atoms with Crippen LogP contribution in [0.1, 0.15) is 17.4 Å². The molecule has 0 N–H and O–H groups in total. The average molecular weight is 261 g/mol. The van der Waals surface area contributed by atoms with Gasteiger partial charge in [0.2, 0.25) is 0 Å². The number of hydrogen-bond donors (Lipinski definition) is 0. The van der Waals surface area contributed by atoms with Gasteiger partial charge in [-0.3, -0.25) is 4.90 Å². The molecule has 4 heteroatoms. The first-order chi connectivity index (χ1) is 9.31. The zero-order valence-electron chi connectivity index (χ0n) is 10.6. The summed E-state index contributed by atoms with van der Waals surface area (Å²) in [6.45, 7) is 3.04. The van der Waals surface area contributed by atoms with Crippen LogP contribution in [-0.4, -0.2) is 24.6 Å². The number of hydrogen-bond acceptors (Lipinski definition) is 3. The highest BCUT2D eigenvalue weighted by Gasteiger charge is 2.22. The molecule has 2 aromatic rings. The molecule has 2 heterocycles. The fourth-order valence-electron chi connectivity index (χ4n) is 2.38. The minimum Gasteiger partial charge on any atom is -0.468 e. The fourth-order valence-corrected chi connectivity index (χ4v) is 2.38. The molecule has 1 saturated heterocycles. The summed E-state index contributed by atoms with van der Waals surface area (Å²) in [5.41, 5.74) is 0.893. The zero-order valence-corrected chi connectivity index (χ0v) is 10.6. The van der Waals surface area contributed by atoms with Crippen molar-refractivity contribution in [3.05, 3.63) is 59.8 Å². The SMILES string of the molecule is Fc1cccc(C2CN(Cc3ccco3)CCO2)c1. The molecule has 3 nitrogen and oxygen atoms in total. The van der Waals surface area contributed by atoms with Gasteiger partial charge in [0.15, 0.2) is 0 Å². The third kappa shape index (κ3) is 3.03. The van der Waals surface area contributed by atoms with E-state index in [1.165, 1.54) is 6.07 Å². The van der Waals surface area contributed by atoms with Crippen molar-refractivity contribution in [2.45, 2.75) is 12.6 Å². The Hall–Kier alpha value is -1.65. The second kappa shape index (κ2) is 5.55. The van der Waals surface area contributed by atoms with Crippen LogP contribution in [0.4, 0.5) is 4.39 Å². The molecule has 1 aliphatic heterocycles. The lowest BCUT2D eigenvalue weighted by Crippen LogP contribution is -2.37. The lowest BCUT2D eigenvalue weighted by atomic mass is 10.1. The number of morpholine rings is 1. The van der Waals surface area contributed by atoms with Crippen molar-refractivity contribution in [2.75, 3.05) is 19.7 Å². The molecule has 1 fully saturated rings. The Balaban J connectivity index is 1.67. The third-order valence-electron chi connectivity index (χ3n) is 3.33. The van der Waals surface area contributed by atoms with E-state index in [4.69, 9.17) is 9.15 Å². The van der Waals surface area contributed by atoms with Gasteiger partial charge in [-0.25, -0.2) is 4.39 Å². The van der Waals surface area contributed by atoms with E-state index < -0.39 is 0 Å². The van der Waals surface area contributed by atoms with Gasteiger partial charge in [-0.05, 0) is 29.8 Å². The summed E-state index contributed by atoms with van der Waals surface area (Å²) in [7, 11) is 0. The van der Waals surface area contributed by atoms with Crippen molar-refractivity contribution in [1.29, 1.82) is 0 Å². The van der Waals surface area contributed by atoms with Crippen LogP contribution >= 0.6 is 0 Å². The summed E-state index contributed by atoms with van der Waals surface area (Å²) in [6, 6.07) is 10.5. The summed E-state index contributed by atoms with van der Waals surface area (Å²) in [5, 5.41) is 0. The van der Waals surface area contributed by atoms with Crippen LogP contribution in [0.25, 0.3) is 0 Å². The zero-order chi connectivity index (χ0) is 13.1. The molecular formula is C15H16FNO2. The summed E-state index contributed by atoms with van der Waals surface area (Å²) in [6.07, 6.45) is 1.61. The molecule has 1 aromatic heterocycles. The van der Waals surface area contributed by atoms with E-state index in [-0.39, 0.29) is 11.9 Å². The third-order valence-corrected chi connectivity index (χ3v) is 3.33. The van der Waals surface area contributed by atoms with Crippen LogP contribution in [-0.2, 0) is 11.3 Å². The minimum atomic E-state index is -0.218. The van der Waals surface area contributed by atoms with Gasteiger partial charge in [-0.1, -0.05) is 12.1 Å². The van der Waals surface area contributed by atoms with Gasteiger partial charge < -0.3 is 9.15 Å². The van der Waals surface area contributed by atoms with Crippen molar-refractivity contribution in [3.63, 3.8) is 0 Å². The lowest BCUT2D eigenvalue weighted by Gasteiger charge is -2.32. The van der Waals surface area contributed by atoms with Crippen LogP contribution in [0, 0.1) is 5.82 Å². The van der Waals surface area contributed by atoms with Crippen molar-refractivity contribution in [2.24, 2.45) is 0 Å². The van der Waals surface area contributed by atoms with E-state index in [1.54, 1.807) is 18.4 Å². The van der Waals surface area contributed by atoms with Crippen molar-refractivity contribution in [3.8, 4) is 0 Å². The molecule has 0 aliphatic carbocycles. The molecule has 19 heavy (non-hydrogen) atoms.